The quantitative estimate of drug-likeness (QED) is 0.281. The Bertz CT molecular complexity index is 508. The maximum absolute atomic E-state index is 11.9. The molecule has 2 aliphatic rings. The first-order chi connectivity index (χ1) is 9.82. The largest absolute Gasteiger partial charge is 0.394 e. The molecule has 2 unspecified atom stereocenters. The second-order valence-electron chi connectivity index (χ2n) is 4.94. The zero-order chi connectivity index (χ0) is 15.8. The number of halogens is 1. The van der Waals surface area contributed by atoms with Crippen molar-refractivity contribution in [2.24, 2.45) is 5.11 Å². The molecule has 3 N–H and O–H groups in total. The summed E-state index contributed by atoms with van der Waals surface area (Å²) in [6, 6.07) is -1.56. The Morgan fingerprint density at radius 3 is 2.90 bits per heavy atom. The van der Waals surface area contributed by atoms with Crippen LogP contribution in [0.1, 0.15) is 13.3 Å². The summed E-state index contributed by atoms with van der Waals surface area (Å²) >= 11 is 5.94. The maximum atomic E-state index is 11.9. The summed E-state index contributed by atoms with van der Waals surface area (Å²) in [5.41, 5.74) is 8.47. The highest BCUT2D eigenvalue weighted by Crippen LogP contribution is 2.33. The fraction of sp³-hybridized carbons (Fsp3) is 0.800. The molecule has 0 aromatic carbocycles. The Hall–Kier alpha value is -1.58. The minimum absolute atomic E-state index is 0.0704. The van der Waals surface area contributed by atoms with Gasteiger partial charge in [0.15, 0.2) is 11.1 Å². The van der Waals surface area contributed by atoms with Crippen LogP contribution in [0.3, 0.4) is 0 Å². The van der Waals surface area contributed by atoms with E-state index in [4.69, 9.17) is 21.9 Å². The molecule has 0 aliphatic carbocycles. The van der Waals surface area contributed by atoms with E-state index in [0.717, 1.165) is 4.90 Å². The standard InChI is InChI=1S/C10H14ClN5O5/c1-10(11)7(18)13-9(20)16(8(10)19)6-2-4(14-15-12)5(3-17)21-6/h4-6,8,17,19H,2-3H2,1H3,(H,13,18,20)/t4-,5+,6+,8?,10?/m0/s1. The third kappa shape index (κ3) is 2.63. The van der Waals surface area contributed by atoms with Crippen molar-refractivity contribution in [3.63, 3.8) is 0 Å². The molecule has 21 heavy (non-hydrogen) atoms. The number of azide groups is 1. The van der Waals surface area contributed by atoms with E-state index < -0.39 is 48.0 Å². The normalized spacial score (nSPS) is 39.9. The maximum Gasteiger partial charge on any atom is 0.328 e. The number of carbonyl (C=O) groups excluding carboxylic acids is 2. The van der Waals surface area contributed by atoms with Gasteiger partial charge in [-0.15, -0.1) is 11.6 Å². The molecule has 0 aromatic rings. The Balaban J connectivity index is 2.23. The molecule has 0 spiro atoms. The monoisotopic (exact) mass is 319 g/mol. The third-order valence-corrected chi connectivity index (χ3v) is 3.91. The van der Waals surface area contributed by atoms with Crippen molar-refractivity contribution < 1.29 is 24.5 Å². The van der Waals surface area contributed by atoms with Crippen molar-refractivity contribution in [1.29, 1.82) is 0 Å². The molecule has 3 amide bonds. The van der Waals surface area contributed by atoms with E-state index in [1.54, 1.807) is 0 Å². The molecule has 2 saturated heterocycles. The van der Waals surface area contributed by atoms with Crippen molar-refractivity contribution in [2.45, 2.75) is 42.8 Å². The van der Waals surface area contributed by atoms with Gasteiger partial charge in [-0.2, -0.15) is 0 Å². The zero-order valence-electron chi connectivity index (χ0n) is 11.0. The number of amides is 3. The number of nitrogens with zero attached hydrogens (tertiary/aromatic N) is 4. The van der Waals surface area contributed by atoms with Gasteiger partial charge in [0.2, 0.25) is 0 Å². The van der Waals surface area contributed by atoms with E-state index in [2.05, 4.69) is 10.0 Å². The van der Waals surface area contributed by atoms with Gasteiger partial charge in [-0.05, 0) is 12.5 Å². The number of hydrogen-bond acceptors (Lipinski definition) is 6. The predicted molar refractivity (Wildman–Crippen MR) is 68.9 cm³/mol. The van der Waals surface area contributed by atoms with Gasteiger partial charge < -0.3 is 14.9 Å². The molecule has 2 heterocycles. The average Bonchev–Trinajstić information content (AvgIpc) is 2.80. The lowest BCUT2D eigenvalue weighted by Crippen LogP contribution is -2.68. The number of hydrogen-bond donors (Lipinski definition) is 3. The molecule has 0 aromatic heterocycles. The number of rotatable bonds is 3. The molecular formula is C10H14ClN5O5. The molecular weight excluding hydrogens is 306 g/mol. The van der Waals surface area contributed by atoms with Crippen LogP contribution in [0.15, 0.2) is 5.11 Å². The van der Waals surface area contributed by atoms with Crippen molar-refractivity contribution in [3.05, 3.63) is 10.4 Å². The Morgan fingerprint density at radius 1 is 1.67 bits per heavy atom. The molecule has 10 nitrogen and oxygen atoms in total. The van der Waals surface area contributed by atoms with Crippen LogP contribution < -0.4 is 5.32 Å². The molecule has 0 radical (unpaired) electrons. The van der Waals surface area contributed by atoms with Gasteiger partial charge in [-0.3, -0.25) is 15.0 Å². The molecule has 116 valence electrons. The van der Waals surface area contributed by atoms with Gasteiger partial charge in [-0.1, -0.05) is 5.11 Å². The fourth-order valence-corrected chi connectivity index (χ4v) is 2.45. The average molecular weight is 320 g/mol. The fourth-order valence-electron chi connectivity index (χ4n) is 2.30. The molecule has 0 saturated carbocycles. The van der Waals surface area contributed by atoms with Gasteiger partial charge in [0.25, 0.3) is 5.91 Å². The molecule has 0 bridgehead atoms. The van der Waals surface area contributed by atoms with Crippen LogP contribution in [-0.4, -0.2) is 63.1 Å². The summed E-state index contributed by atoms with van der Waals surface area (Å²) in [6.07, 6.45) is -3.32. The van der Waals surface area contributed by atoms with Crippen LogP contribution in [-0.2, 0) is 9.53 Å². The van der Waals surface area contributed by atoms with E-state index in [-0.39, 0.29) is 6.42 Å². The first-order valence-electron chi connectivity index (χ1n) is 6.14. The number of ether oxygens (including phenoxy) is 1. The van der Waals surface area contributed by atoms with Crippen LogP contribution >= 0.6 is 11.6 Å². The lowest BCUT2D eigenvalue weighted by molar-refractivity contribution is -0.148. The van der Waals surface area contributed by atoms with Gasteiger partial charge in [0, 0.05) is 11.3 Å². The van der Waals surface area contributed by atoms with E-state index in [0.29, 0.717) is 0 Å². The van der Waals surface area contributed by atoms with E-state index in [1.165, 1.54) is 6.92 Å². The highest BCUT2D eigenvalue weighted by molar-refractivity contribution is 6.36. The Morgan fingerprint density at radius 2 is 2.33 bits per heavy atom. The van der Waals surface area contributed by atoms with Crippen molar-refractivity contribution >= 4 is 23.5 Å². The van der Waals surface area contributed by atoms with Crippen LogP contribution in [0.4, 0.5) is 4.79 Å². The lowest BCUT2D eigenvalue weighted by Gasteiger charge is -2.42. The van der Waals surface area contributed by atoms with Crippen molar-refractivity contribution in [3.8, 4) is 0 Å². The van der Waals surface area contributed by atoms with Gasteiger partial charge in [0.1, 0.15) is 6.23 Å². The van der Waals surface area contributed by atoms with E-state index in [1.807, 2.05) is 5.32 Å². The molecule has 11 heteroatoms. The van der Waals surface area contributed by atoms with Crippen molar-refractivity contribution in [1.82, 2.24) is 10.2 Å². The minimum atomic E-state index is -1.73. The minimum Gasteiger partial charge on any atom is -0.394 e. The van der Waals surface area contributed by atoms with Gasteiger partial charge >= 0.3 is 6.03 Å². The topological polar surface area (TPSA) is 148 Å². The van der Waals surface area contributed by atoms with Crippen LogP contribution in [0.25, 0.3) is 10.4 Å². The summed E-state index contributed by atoms with van der Waals surface area (Å²) in [5.74, 6) is -0.818. The summed E-state index contributed by atoms with van der Waals surface area (Å²) in [5, 5.41) is 24.8. The number of alkyl halides is 1. The summed E-state index contributed by atoms with van der Waals surface area (Å²) < 4.78 is 5.40. The van der Waals surface area contributed by atoms with Crippen LogP contribution in [0.2, 0.25) is 0 Å². The summed E-state index contributed by atoms with van der Waals surface area (Å²) in [7, 11) is 0. The number of nitrogens with one attached hydrogen (secondary N) is 1. The van der Waals surface area contributed by atoms with Gasteiger partial charge in [-0.25, -0.2) is 4.79 Å². The van der Waals surface area contributed by atoms with E-state index in [9.17, 15) is 19.8 Å². The first-order valence-corrected chi connectivity index (χ1v) is 6.52. The zero-order valence-corrected chi connectivity index (χ0v) is 11.8. The highest BCUT2D eigenvalue weighted by atomic mass is 35.5. The van der Waals surface area contributed by atoms with Crippen molar-refractivity contribution in [2.75, 3.05) is 6.61 Å². The highest BCUT2D eigenvalue weighted by Gasteiger charge is 2.53. The van der Waals surface area contributed by atoms with Gasteiger partial charge in [0.05, 0.1) is 18.8 Å². The summed E-state index contributed by atoms with van der Waals surface area (Å²) in [4.78, 5) is 25.2. The Kier molecular flexibility index (Phi) is 4.26. The molecule has 5 atom stereocenters. The van der Waals surface area contributed by atoms with E-state index >= 15 is 0 Å². The SMILES string of the molecule is CC1(Cl)C(=O)NC(=O)N([C@H]2C[C@H](N=[N+]=[N-])[C@@H](CO)O2)C1O. The number of aliphatic hydroxyl groups excluding tert-OH is 2. The number of urea groups is 1. The number of aliphatic hydroxyl groups is 2. The molecule has 2 fully saturated rings. The molecule has 2 aliphatic heterocycles. The lowest BCUT2D eigenvalue weighted by atomic mass is 10.0. The summed E-state index contributed by atoms with van der Waals surface area (Å²) in [6.45, 7) is 0.847. The first kappa shape index (κ1) is 15.8. The number of imide groups is 1. The number of carbonyl (C=O) groups is 2. The smallest absolute Gasteiger partial charge is 0.328 e. The van der Waals surface area contributed by atoms with Crippen LogP contribution in [0, 0.1) is 0 Å². The third-order valence-electron chi connectivity index (χ3n) is 3.54. The molecule has 2 rings (SSSR count). The Labute approximate surface area is 124 Å². The predicted octanol–water partition coefficient (Wildman–Crippen LogP) is -0.360. The second-order valence-corrected chi connectivity index (χ2v) is 5.72. The second kappa shape index (κ2) is 5.66. The van der Waals surface area contributed by atoms with Crippen LogP contribution in [0.5, 0.6) is 0 Å².